The summed E-state index contributed by atoms with van der Waals surface area (Å²) in [6, 6.07) is 8.47. The highest BCUT2D eigenvalue weighted by Gasteiger charge is 2.04. The lowest BCUT2D eigenvalue weighted by atomic mass is 10.1. The smallest absolute Gasteiger partial charge is 0.292 e. The Kier molecular flexibility index (Phi) is 3.98. The quantitative estimate of drug-likeness (QED) is 0.734. The van der Waals surface area contributed by atoms with Crippen LogP contribution in [-0.2, 0) is 0 Å². The molecule has 3 N–H and O–H groups in total. The Morgan fingerprint density at radius 3 is 2.76 bits per heavy atom. The molecular weight excluding hydrogens is 214 g/mol. The van der Waals surface area contributed by atoms with Gasteiger partial charge in [-0.3, -0.25) is 0 Å². The van der Waals surface area contributed by atoms with Crippen LogP contribution in [0.2, 0.25) is 0 Å². The fraction of sp³-hybridized carbons (Fsp3) is 0.462. The Balaban J connectivity index is 0.000000136. The van der Waals surface area contributed by atoms with Gasteiger partial charge in [0.2, 0.25) is 0 Å². The summed E-state index contributed by atoms with van der Waals surface area (Å²) in [5.74, 6) is 0. The zero-order valence-electron chi connectivity index (χ0n) is 10.1. The Morgan fingerprint density at radius 2 is 2.18 bits per heavy atom. The van der Waals surface area contributed by atoms with E-state index in [-0.39, 0.29) is 6.01 Å². The predicted octanol–water partition coefficient (Wildman–Crippen LogP) is 2.56. The van der Waals surface area contributed by atoms with E-state index in [0.29, 0.717) is 0 Å². The first-order chi connectivity index (χ1) is 8.25. The van der Waals surface area contributed by atoms with Gasteiger partial charge in [0, 0.05) is 6.04 Å². The number of rotatable bonds is 0. The Labute approximate surface area is 101 Å². The molecule has 0 amide bonds. The van der Waals surface area contributed by atoms with E-state index < -0.39 is 0 Å². The van der Waals surface area contributed by atoms with Crippen molar-refractivity contribution >= 4 is 17.1 Å². The third-order valence-electron chi connectivity index (χ3n) is 2.87. The zero-order chi connectivity index (χ0) is 12.1. The van der Waals surface area contributed by atoms with Gasteiger partial charge in [-0.1, -0.05) is 18.6 Å². The molecule has 1 aliphatic rings. The van der Waals surface area contributed by atoms with Crippen LogP contribution < -0.4 is 11.1 Å². The summed E-state index contributed by atoms with van der Waals surface area (Å²) in [6.45, 7) is 3.49. The fourth-order valence-corrected chi connectivity index (χ4v) is 1.92. The molecule has 2 heterocycles. The molecule has 0 bridgehead atoms. The van der Waals surface area contributed by atoms with E-state index in [1.54, 1.807) is 0 Å². The lowest BCUT2D eigenvalue weighted by Gasteiger charge is -2.18. The first kappa shape index (κ1) is 11.9. The topological polar surface area (TPSA) is 64.1 Å². The minimum absolute atomic E-state index is 0.223. The van der Waals surface area contributed by atoms with Gasteiger partial charge in [0.1, 0.15) is 5.52 Å². The van der Waals surface area contributed by atoms with Crippen LogP contribution in [0.15, 0.2) is 28.7 Å². The Hall–Kier alpha value is -1.55. The van der Waals surface area contributed by atoms with Gasteiger partial charge in [-0.25, -0.2) is 0 Å². The Bertz CT molecular complexity index is 427. The van der Waals surface area contributed by atoms with Crippen LogP contribution in [0.5, 0.6) is 0 Å². The molecule has 1 aromatic carbocycles. The second-order valence-electron chi connectivity index (χ2n) is 4.37. The number of nitrogens with two attached hydrogens (primary N) is 1. The molecule has 17 heavy (non-hydrogen) atoms. The largest absolute Gasteiger partial charge is 0.424 e. The van der Waals surface area contributed by atoms with Gasteiger partial charge in [-0.15, -0.1) is 0 Å². The number of aromatic nitrogens is 1. The number of fused-ring (bicyclic) bond motifs is 1. The number of nitrogen functional groups attached to an aromatic ring is 1. The van der Waals surface area contributed by atoms with Gasteiger partial charge < -0.3 is 15.5 Å². The van der Waals surface area contributed by atoms with Crippen molar-refractivity contribution in [3.63, 3.8) is 0 Å². The molecule has 0 radical (unpaired) electrons. The lowest BCUT2D eigenvalue weighted by Crippen LogP contribution is -2.30. The van der Waals surface area contributed by atoms with E-state index in [2.05, 4.69) is 17.2 Å². The fourth-order valence-electron chi connectivity index (χ4n) is 1.92. The second-order valence-corrected chi connectivity index (χ2v) is 4.37. The number of hydrogen-bond donors (Lipinski definition) is 2. The average Bonchev–Trinajstić information content (AvgIpc) is 2.71. The first-order valence-electron chi connectivity index (χ1n) is 6.10. The van der Waals surface area contributed by atoms with E-state index in [0.717, 1.165) is 17.1 Å². The monoisotopic (exact) mass is 233 g/mol. The Morgan fingerprint density at radius 1 is 1.35 bits per heavy atom. The molecular formula is C13H19N3O. The van der Waals surface area contributed by atoms with Crippen molar-refractivity contribution < 1.29 is 4.42 Å². The molecule has 0 saturated carbocycles. The van der Waals surface area contributed by atoms with Gasteiger partial charge >= 0.3 is 0 Å². The molecule has 0 aliphatic carbocycles. The minimum Gasteiger partial charge on any atom is -0.424 e. The van der Waals surface area contributed by atoms with Gasteiger partial charge in [0.05, 0.1) is 0 Å². The van der Waals surface area contributed by atoms with E-state index >= 15 is 0 Å². The van der Waals surface area contributed by atoms with Crippen molar-refractivity contribution in [2.24, 2.45) is 0 Å². The van der Waals surface area contributed by atoms with Crippen LogP contribution in [0.25, 0.3) is 11.1 Å². The summed E-state index contributed by atoms with van der Waals surface area (Å²) in [7, 11) is 0. The van der Waals surface area contributed by atoms with Gasteiger partial charge in [-0.2, -0.15) is 4.98 Å². The van der Waals surface area contributed by atoms with Crippen LogP contribution in [0.3, 0.4) is 0 Å². The van der Waals surface area contributed by atoms with Crippen LogP contribution in [0.4, 0.5) is 6.01 Å². The van der Waals surface area contributed by atoms with Crippen molar-refractivity contribution in [2.75, 3.05) is 12.3 Å². The van der Waals surface area contributed by atoms with Gasteiger partial charge in [0.25, 0.3) is 6.01 Å². The van der Waals surface area contributed by atoms with Crippen molar-refractivity contribution in [2.45, 2.75) is 32.2 Å². The summed E-state index contributed by atoms with van der Waals surface area (Å²) in [4.78, 5) is 3.92. The van der Waals surface area contributed by atoms with E-state index in [1.807, 2.05) is 24.3 Å². The molecule has 1 atom stereocenters. The highest BCUT2D eigenvalue weighted by atomic mass is 16.4. The summed E-state index contributed by atoms with van der Waals surface area (Å²) in [6.07, 6.45) is 4.18. The second kappa shape index (κ2) is 5.68. The van der Waals surface area contributed by atoms with Crippen molar-refractivity contribution in [1.29, 1.82) is 0 Å². The molecule has 0 spiro atoms. The number of oxazole rings is 1. The standard InChI is InChI=1S/C7H6N2O.C6H13N/c8-7-9-5-3-1-2-4-6(5)10-7;1-6-4-2-3-5-7-6/h1-4H,(H2,8,9);6-7H,2-5H2,1H3. The van der Waals surface area contributed by atoms with Crippen LogP contribution in [-0.4, -0.2) is 17.6 Å². The van der Waals surface area contributed by atoms with Crippen molar-refractivity contribution in [3.05, 3.63) is 24.3 Å². The molecule has 4 nitrogen and oxygen atoms in total. The third-order valence-corrected chi connectivity index (χ3v) is 2.87. The molecule has 1 saturated heterocycles. The maximum Gasteiger partial charge on any atom is 0.292 e. The summed E-state index contributed by atoms with van der Waals surface area (Å²) < 4.78 is 5.03. The highest BCUT2D eigenvalue weighted by Crippen LogP contribution is 2.14. The van der Waals surface area contributed by atoms with E-state index in [9.17, 15) is 0 Å². The number of nitrogens with one attached hydrogen (secondary N) is 1. The summed E-state index contributed by atoms with van der Waals surface area (Å²) >= 11 is 0. The predicted molar refractivity (Wildman–Crippen MR) is 69.7 cm³/mol. The molecule has 1 aromatic heterocycles. The van der Waals surface area contributed by atoms with Crippen LogP contribution in [0, 0.1) is 0 Å². The molecule has 1 unspecified atom stereocenters. The maximum atomic E-state index is 5.31. The van der Waals surface area contributed by atoms with Crippen LogP contribution >= 0.6 is 0 Å². The SMILES string of the molecule is CC1CCCCN1.Nc1nc2ccccc2o1. The first-order valence-corrected chi connectivity index (χ1v) is 6.10. The number of piperidine rings is 1. The molecule has 1 fully saturated rings. The number of hydrogen-bond acceptors (Lipinski definition) is 4. The van der Waals surface area contributed by atoms with Crippen molar-refractivity contribution in [3.8, 4) is 0 Å². The number of nitrogens with zero attached hydrogens (tertiary/aromatic N) is 1. The van der Waals surface area contributed by atoms with Crippen molar-refractivity contribution in [1.82, 2.24) is 10.3 Å². The molecule has 92 valence electrons. The molecule has 1 aliphatic heterocycles. The molecule has 3 rings (SSSR count). The number of benzene rings is 1. The van der Waals surface area contributed by atoms with E-state index in [4.69, 9.17) is 10.2 Å². The minimum atomic E-state index is 0.223. The number of anilines is 1. The average molecular weight is 233 g/mol. The number of para-hydroxylation sites is 2. The van der Waals surface area contributed by atoms with Gasteiger partial charge in [0.15, 0.2) is 5.58 Å². The zero-order valence-corrected chi connectivity index (χ0v) is 10.1. The summed E-state index contributed by atoms with van der Waals surface area (Å²) in [5.41, 5.74) is 6.85. The lowest BCUT2D eigenvalue weighted by molar-refractivity contribution is 0.425. The third kappa shape index (κ3) is 3.46. The van der Waals surface area contributed by atoms with Gasteiger partial charge in [-0.05, 0) is 38.4 Å². The molecule has 4 heteroatoms. The maximum absolute atomic E-state index is 5.31. The summed E-state index contributed by atoms with van der Waals surface area (Å²) in [5, 5.41) is 3.38. The van der Waals surface area contributed by atoms with Crippen LogP contribution in [0.1, 0.15) is 26.2 Å². The van der Waals surface area contributed by atoms with E-state index in [1.165, 1.54) is 25.8 Å². The molecule has 2 aromatic rings. The normalized spacial score (nSPS) is 19.7. The highest BCUT2D eigenvalue weighted by molar-refractivity contribution is 5.73.